The number of aromatic nitrogens is 3. The second-order valence-corrected chi connectivity index (χ2v) is 9.52. The Morgan fingerprint density at radius 2 is 1.84 bits per heavy atom. The van der Waals surface area contributed by atoms with Gasteiger partial charge in [-0.3, -0.25) is 9.36 Å². The van der Waals surface area contributed by atoms with Crippen molar-refractivity contribution in [3.8, 4) is 28.6 Å². The summed E-state index contributed by atoms with van der Waals surface area (Å²) in [5.74, 6) is 1.73. The zero-order chi connectivity index (χ0) is 26.2. The molecule has 8 nitrogen and oxygen atoms in total. The minimum atomic E-state index is -0.274. The molecule has 4 rings (SSSR count). The van der Waals surface area contributed by atoms with Gasteiger partial charge in [-0.15, -0.1) is 10.2 Å². The number of rotatable bonds is 10. The first-order valence-electron chi connectivity index (χ1n) is 11.5. The van der Waals surface area contributed by atoms with Crippen LogP contribution in [0.4, 0.5) is 0 Å². The number of nitrogens with one attached hydrogen (secondary N) is 1. The molecule has 0 fully saturated rings. The number of benzene rings is 3. The van der Waals surface area contributed by atoms with Crippen LogP contribution in [-0.2, 0) is 4.79 Å². The van der Waals surface area contributed by atoms with E-state index >= 15 is 0 Å². The SMILES string of the molecule is COc1cc(/C=N/NC(=O)CSc2nnc(-c3ccc(Cl)cc3)n2-c2ccccc2)ccc1OC(C)C. The maximum Gasteiger partial charge on any atom is 0.250 e. The average molecular weight is 536 g/mol. The van der Waals surface area contributed by atoms with Gasteiger partial charge in [0, 0.05) is 16.3 Å². The van der Waals surface area contributed by atoms with Crippen molar-refractivity contribution in [2.24, 2.45) is 5.10 Å². The molecular formula is C27H26ClN5O3S. The molecule has 0 saturated carbocycles. The highest BCUT2D eigenvalue weighted by Gasteiger charge is 2.17. The summed E-state index contributed by atoms with van der Waals surface area (Å²) >= 11 is 7.32. The van der Waals surface area contributed by atoms with Crippen LogP contribution in [0.25, 0.3) is 17.1 Å². The number of hydrogen-bond acceptors (Lipinski definition) is 7. The molecule has 4 aromatic rings. The van der Waals surface area contributed by atoms with E-state index in [9.17, 15) is 4.79 Å². The van der Waals surface area contributed by atoms with E-state index in [2.05, 4.69) is 20.7 Å². The Bertz CT molecular complexity index is 1370. The second-order valence-electron chi connectivity index (χ2n) is 8.14. The Hall–Kier alpha value is -3.82. The monoisotopic (exact) mass is 535 g/mol. The number of carbonyl (C=O) groups is 1. The highest BCUT2D eigenvalue weighted by molar-refractivity contribution is 7.99. The molecule has 37 heavy (non-hydrogen) atoms. The van der Waals surface area contributed by atoms with E-state index in [0.29, 0.717) is 27.5 Å². The van der Waals surface area contributed by atoms with Crippen LogP contribution in [0.1, 0.15) is 19.4 Å². The molecule has 0 bridgehead atoms. The lowest BCUT2D eigenvalue weighted by molar-refractivity contribution is -0.118. The van der Waals surface area contributed by atoms with Crippen molar-refractivity contribution in [3.05, 3.63) is 83.4 Å². The van der Waals surface area contributed by atoms with Crippen molar-refractivity contribution >= 4 is 35.5 Å². The zero-order valence-corrected chi connectivity index (χ0v) is 22.2. The van der Waals surface area contributed by atoms with Crippen LogP contribution in [0.2, 0.25) is 5.02 Å². The number of halogens is 1. The predicted molar refractivity (Wildman–Crippen MR) is 147 cm³/mol. The van der Waals surface area contributed by atoms with Crippen LogP contribution in [0, 0.1) is 0 Å². The van der Waals surface area contributed by atoms with Gasteiger partial charge in [-0.1, -0.05) is 41.6 Å². The lowest BCUT2D eigenvalue weighted by Crippen LogP contribution is -2.20. The Morgan fingerprint density at radius 1 is 1.08 bits per heavy atom. The Labute approximate surface area is 224 Å². The molecule has 190 valence electrons. The Balaban J connectivity index is 1.44. The molecule has 0 atom stereocenters. The summed E-state index contributed by atoms with van der Waals surface area (Å²) in [6, 6.07) is 22.6. The summed E-state index contributed by atoms with van der Waals surface area (Å²) in [5, 5.41) is 14.0. The Kier molecular flexibility index (Phi) is 8.81. The highest BCUT2D eigenvalue weighted by Crippen LogP contribution is 2.29. The molecule has 1 amide bonds. The molecule has 1 heterocycles. The molecule has 0 spiro atoms. The van der Waals surface area contributed by atoms with Gasteiger partial charge in [0.1, 0.15) is 0 Å². The minimum Gasteiger partial charge on any atom is -0.493 e. The van der Waals surface area contributed by atoms with Crippen molar-refractivity contribution in [2.75, 3.05) is 12.9 Å². The third-order valence-electron chi connectivity index (χ3n) is 5.04. The fraction of sp³-hybridized carbons (Fsp3) is 0.185. The standard InChI is InChI=1S/C27H26ClN5O3S/c1-18(2)36-23-14-9-19(15-24(23)35-3)16-29-30-25(34)17-37-27-32-31-26(20-10-12-21(28)13-11-20)33(27)22-7-5-4-6-8-22/h4-16,18H,17H2,1-3H3,(H,30,34)/b29-16+. The molecule has 3 aromatic carbocycles. The quantitative estimate of drug-likeness (QED) is 0.161. The first-order valence-corrected chi connectivity index (χ1v) is 12.9. The maximum atomic E-state index is 12.5. The number of hydrazone groups is 1. The number of methoxy groups -OCH3 is 1. The summed E-state index contributed by atoms with van der Waals surface area (Å²) in [4.78, 5) is 12.5. The Morgan fingerprint density at radius 3 is 2.54 bits per heavy atom. The van der Waals surface area contributed by atoms with Crippen LogP contribution in [-0.4, -0.2) is 45.9 Å². The van der Waals surface area contributed by atoms with Gasteiger partial charge in [0.05, 0.1) is 25.2 Å². The van der Waals surface area contributed by atoms with Crippen LogP contribution >= 0.6 is 23.4 Å². The summed E-state index contributed by atoms with van der Waals surface area (Å²) in [5.41, 5.74) is 5.07. The molecule has 0 radical (unpaired) electrons. The lowest BCUT2D eigenvalue weighted by Gasteiger charge is -2.13. The van der Waals surface area contributed by atoms with E-state index in [-0.39, 0.29) is 17.8 Å². The van der Waals surface area contributed by atoms with Gasteiger partial charge in [0.25, 0.3) is 5.91 Å². The second kappa shape index (κ2) is 12.4. The van der Waals surface area contributed by atoms with E-state index in [0.717, 1.165) is 16.8 Å². The first kappa shape index (κ1) is 26.2. The molecule has 0 unspecified atom stereocenters. The summed E-state index contributed by atoms with van der Waals surface area (Å²) in [7, 11) is 1.58. The van der Waals surface area contributed by atoms with Gasteiger partial charge >= 0.3 is 0 Å². The number of amides is 1. The fourth-order valence-corrected chi connectivity index (χ4v) is 4.29. The topological polar surface area (TPSA) is 90.6 Å². The minimum absolute atomic E-state index is 0.0279. The largest absolute Gasteiger partial charge is 0.493 e. The van der Waals surface area contributed by atoms with Gasteiger partial charge in [-0.25, -0.2) is 5.43 Å². The van der Waals surface area contributed by atoms with Crippen molar-refractivity contribution < 1.29 is 14.3 Å². The molecule has 0 aliphatic carbocycles. The smallest absolute Gasteiger partial charge is 0.250 e. The van der Waals surface area contributed by atoms with Crippen LogP contribution in [0.5, 0.6) is 11.5 Å². The molecular weight excluding hydrogens is 510 g/mol. The average Bonchev–Trinajstić information content (AvgIpc) is 3.33. The maximum absolute atomic E-state index is 12.5. The van der Waals surface area contributed by atoms with Crippen LogP contribution in [0.3, 0.4) is 0 Å². The molecule has 1 aromatic heterocycles. The van der Waals surface area contributed by atoms with Gasteiger partial charge in [-0.2, -0.15) is 5.10 Å². The van der Waals surface area contributed by atoms with E-state index < -0.39 is 0 Å². The zero-order valence-electron chi connectivity index (χ0n) is 20.6. The predicted octanol–water partition coefficient (Wildman–Crippen LogP) is 5.63. The normalized spacial score (nSPS) is 11.2. The van der Waals surface area contributed by atoms with E-state index in [4.69, 9.17) is 21.1 Å². The van der Waals surface area contributed by atoms with Crippen molar-refractivity contribution in [1.29, 1.82) is 0 Å². The number of nitrogens with zero attached hydrogens (tertiary/aromatic N) is 4. The summed E-state index contributed by atoms with van der Waals surface area (Å²) in [6.07, 6.45) is 1.58. The third kappa shape index (κ3) is 6.90. The van der Waals surface area contributed by atoms with Crippen LogP contribution < -0.4 is 14.9 Å². The number of thioether (sulfide) groups is 1. The van der Waals surface area contributed by atoms with Crippen molar-refractivity contribution in [2.45, 2.75) is 25.1 Å². The van der Waals surface area contributed by atoms with Gasteiger partial charge < -0.3 is 9.47 Å². The molecule has 10 heteroatoms. The molecule has 0 aliphatic rings. The molecule has 1 N–H and O–H groups in total. The number of hydrogen-bond donors (Lipinski definition) is 1. The van der Waals surface area contributed by atoms with E-state index in [1.807, 2.05) is 73.0 Å². The number of carbonyl (C=O) groups excluding carboxylic acids is 1. The van der Waals surface area contributed by atoms with Crippen molar-refractivity contribution in [1.82, 2.24) is 20.2 Å². The van der Waals surface area contributed by atoms with Crippen LogP contribution in [0.15, 0.2) is 83.1 Å². The van der Waals surface area contributed by atoms with Gasteiger partial charge in [0.15, 0.2) is 22.5 Å². The fourth-order valence-electron chi connectivity index (χ4n) is 3.42. The third-order valence-corrected chi connectivity index (χ3v) is 6.22. The molecule has 0 saturated heterocycles. The van der Waals surface area contributed by atoms with E-state index in [1.54, 1.807) is 31.5 Å². The molecule has 0 aliphatic heterocycles. The number of para-hydroxylation sites is 1. The van der Waals surface area contributed by atoms with Gasteiger partial charge in [0.2, 0.25) is 0 Å². The lowest BCUT2D eigenvalue weighted by atomic mass is 10.2. The summed E-state index contributed by atoms with van der Waals surface area (Å²) in [6.45, 7) is 3.90. The van der Waals surface area contributed by atoms with Gasteiger partial charge in [-0.05, 0) is 74.0 Å². The summed E-state index contributed by atoms with van der Waals surface area (Å²) < 4.78 is 13.0. The van der Waals surface area contributed by atoms with E-state index in [1.165, 1.54) is 11.8 Å². The highest BCUT2D eigenvalue weighted by atomic mass is 35.5. The number of ether oxygens (including phenoxy) is 2. The first-order chi connectivity index (χ1) is 17.9. The van der Waals surface area contributed by atoms with Crippen molar-refractivity contribution in [3.63, 3.8) is 0 Å².